The molecule has 1 N–H and O–H groups in total. The molecule has 0 saturated carbocycles. The Bertz CT molecular complexity index is 321. The van der Waals surface area contributed by atoms with E-state index in [0.29, 0.717) is 0 Å². The minimum absolute atomic E-state index is 0.835. The second-order valence-corrected chi connectivity index (χ2v) is 9.95. The van der Waals surface area contributed by atoms with Crippen molar-refractivity contribution in [1.29, 1.82) is 5.41 Å². The maximum atomic E-state index is 9.12. The average molecular weight is 452 g/mol. The second-order valence-electron chi connectivity index (χ2n) is 9.95. The Labute approximate surface area is 203 Å². The molecule has 0 unspecified atom stereocenters. The molecule has 192 valence electrons. The fourth-order valence-corrected chi connectivity index (χ4v) is 4.47. The van der Waals surface area contributed by atoms with E-state index in [-0.39, 0.29) is 0 Å². The molecule has 0 bridgehead atoms. The predicted molar refractivity (Wildman–Crippen MR) is 146 cm³/mol. The molecule has 3 heteroatoms. The van der Waals surface area contributed by atoms with E-state index in [1.807, 2.05) is 0 Å². The van der Waals surface area contributed by atoms with Crippen molar-refractivity contribution in [2.45, 2.75) is 156 Å². The monoisotopic (exact) mass is 451 g/mol. The first-order chi connectivity index (χ1) is 15.7. The highest BCUT2D eigenvalue weighted by molar-refractivity contribution is 5.76. The number of guanidine groups is 1. The molecule has 0 spiro atoms. The van der Waals surface area contributed by atoms with E-state index >= 15 is 0 Å². The first-order valence-corrected chi connectivity index (χ1v) is 14.8. The summed E-state index contributed by atoms with van der Waals surface area (Å²) in [7, 11) is 0. The van der Waals surface area contributed by atoms with Crippen LogP contribution >= 0.6 is 0 Å². The van der Waals surface area contributed by atoms with Crippen LogP contribution in [0, 0.1) is 5.41 Å². The lowest BCUT2D eigenvalue weighted by Gasteiger charge is -2.34. The Morgan fingerprint density at radius 3 is 0.812 bits per heavy atom. The third kappa shape index (κ3) is 18.8. The van der Waals surface area contributed by atoms with Crippen LogP contribution in [-0.4, -0.2) is 41.9 Å². The van der Waals surface area contributed by atoms with Crippen molar-refractivity contribution in [3.8, 4) is 0 Å². The summed E-state index contributed by atoms with van der Waals surface area (Å²) in [5.74, 6) is 0.835. The molecular formula is C29H61N3. The number of nitrogens with one attached hydrogen (secondary N) is 1. The van der Waals surface area contributed by atoms with Crippen LogP contribution in [0.5, 0.6) is 0 Å². The Hall–Kier alpha value is -0.730. The molecule has 0 heterocycles. The summed E-state index contributed by atoms with van der Waals surface area (Å²) in [5, 5.41) is 9.12. The van der Waals surface area contributed by atoms with E-state index in [1.165, 1.54) is 128 Å². The highest BCUT2D eigenvalue weighted by Crippen LogP contribution is 2.13. The van der Waals surface area contributed by atoms with Crippen LogP contribution in [0.4, 0.5) is 0 Å². The van der Waals surface area contributed by atoms with Gasteiger partial charge < -0.3 is 9.80 Å². The molecule has 32 heavy (non-hydrogen) atoms. The number of hydrogen-bond donors (Lipinski definition) is 1. The molecule has 0 amide bonds. The molecule has 0 fully saturated rings. The maximum absolute atomic E-state index is 9.12. The van der Waals surface area contributed by atoms with Crippen LogP contribution in [0.2, 0.25) is 0 Å². The highest BCUT2D eigenvalue weighted by atomic mass is 15.4. The van der Waals surface area contributed by atoms with Crippen molar-refractivity contribution in [3.63, 3.8) is 0 Å². The minimum Gasteiger partial charge on any atom is -0.343 e. The van der Waals surface area contributed by atoms with Gasteiger partial charge in [-0.15, -0.1) is 0 Å². The van der Waals surface area contributed by atoms with Gasteiger partial charge in [-0.1, -0.05) is 130 Å². The van der Waals surface area contributed by atoms with E-state index in [9.17, 15) is 0 Å². The fraction of sp³-hybridized carbons (Fsp3) is 0.966. The van der Waals surface area contributed by atoms with Gasteiger partial charge in [-0.05, 0) is 25.7 Å². The number of rotatable bonds is 24. The molecule has 0 aliphatic heterocycles. The first-order valence-electron chi connectivity index (χ1n) is 14.8. The summed E-state index contributed by atoms with van der Waals surface area (Å²) < 4.78 is 0. The smallest absolute Gasteiger partial charge is 0.193 e. The van der Waals surface area contributed by atoms with Gasteiger partial charge in [0.25, 0.3) is 0 Å². The summed E-state index contributed by atoms with van der Waals surface area (Å²) in [6.07, 6.45) is 26.3. The van der Waals surface area contributed by atoms with Gasteiger partial charge in [0.1, 0.15) is 0 Å². The quantitative estimate of drug-likeness (QED) is 0.0899. The van der Waals surface area contributed by atoms with Gasteiger partial charge in [0.2, 0.25) is 0 Å². The molecule has 0 aliphatic carbocycles. The van der Waals surface area contributed by atoms with E-state index < -0.39 is 0 Å². The molecular weight excluding hydrogens is 390 g/mol. The normalized spacial score (nSPS) is 11.1. The minimum atomic E-state index is 0.835. The highest BCUT2D eigenvalue weighted by Gasteiger charge is 2.16. The summed E-state index contributed by atoms with van der Waals surface area (Å²) >= 11 is 0. The molecule has 0 atom stereocenters. The van der Waals surface area contributed by atoms with Gasteiger partial charge >= 0.3 is 0 Å². The van der Waals surface area contributed by atoms with Crippen LogP contribution in [0.1, 0.15) is 156 Å². The van der Waals surface area contributed by atoms with Crippen LogP contribution in [0.25, 0.3) is 0 Å². The van der Waals surface area contributed by atoms with Crippen LogP contribution in [-0.2, 0) is 0 Å². The largest absolute Gasteiger partial charge is 0.343 e. The van der Waals surface area contributed by atoms with E-state index in [4.69, 9.17) is 5.41 Å². The summed E-state index contributed by atoms with van der Waals surface area (Å²) in [6.45, 7) is 13.5. The Kier molecular flexibility index (Phi) is 24.3. The number of hydrogen-bond acceptors (Lipinski definition) is 1. The SMILES string of the molecule is CCCCCCCN(CCCCCCC)C(=N)N(CCCCCCC)CCCCCCC. The van der Waals surface area contributed by atoms with E-state index in [2.05, 4.69) is 37.5 Å². The molecule has 0 aromatic heterocycles. The molecule has 0 aromatic rings. The molecule has 0 radical (unpaired) electrons. The summed E-state index contributed by atoms with van der Waals surface area (Å²) in [4.78, 5) is 4.88. The molecule has 3 nitrogen and oxygen atoms in total. The van der Waals surface area contributed by atoms with Gasteiger partial charge in [-0.3, -0.25) is 5.41 Å². The van der Waals surface area contributed by atoms with Crippen molar-refractivity contribution in [3.05, 3.63) is 0 Å². The number of nitrogens with zero attached hydrogens (tertiary/aromatic N) is 2. The molecule has 0 saturated heterocycles. The van der Waals surface area contributed by atoms with Crippen LogP contribution < -0.4 is 0 Å². The summed E-state index contributed by atoms with van der Waals surface area (Å²) in [5.41, 5.74) is 0. The van der Waals surface area contributed by atoms with Crippen molar-refractivity contribution in [2.24, 2.45) is 0 Å². The maximum Gasteiger partial charge on any atom is 0.193 e. The van der Waals surface area contributed by atoms with E-state index in [0.717, 1.165) is 32.1 Å². The summed E-state index contributed by atoms with van der Waals surface area (Å²) in [6, 6.07) is 0. The predicted octanol–water partition coefficient (Wildman–Crippen LogP) is 9.41. The number of unbranched alkanes of at least 4 members (excludes halogenated alkanes) is 16. The van der Waals surface area contributed by atoms with Crippen molar-refractivity contribution >= 4 is 5.96 Å². The fourth-order valence-electron chi connectivity index (χ4n) is 4.47. The zero-order valence-corrected chi connectivity index (χ0v) is 22.9. The van der Waals surface area contributed by atoms with Crippen LogP contribution in [0.15, 0.2) is 0 Å². The Balaban J connectivity index is 4.78. The lowest BCUT2D eigenvalue weighted by Crippen LogP contribution is -2.45. The molecule has 0 aliphatic rings. The Morgan fingerprint density at radius 1 is 0.375 bits per heavy atom. The topological polar surface area (TPSA) is 30.3 Å². The third-order valence-electron chi connectivity index (χ3n) is 6.73. The van der Waals surface area contributed by atoms with Gasteiger partial charge in [-0.25, -0.2) is 0 Å². The zero-order chi connectivity index (χ0) is 23.7. The van der Waals surface area contributed by atoms with Gasteiger partial charge in [-0.2, -0.15) is 0 Å². The van der Waals surface area contributed by atoms with Crippen molar-refractivity contribution in [1.82, 2.24) is 9.80 Å². The van der Waals surface area contributed by atoms with Gasteiger partial charge in [0.15, 0.2) is 5.96 Å². The molecule has 0 aromatic carbocycles. The second kappa shape index (κ2) is 24.9. The first kappa shape index (κ1) is 31.3. The molecule has 0 rings (SSSR count). The van der Waals surface area contributed by atoms with E-state index in [1.54, 1.807) is 0 Å². The van der Waals surface area contributed by atoms with Gasteiger partial charge in [0, 0.05) is 26.2 Å². The zero-order valence-electron chi connectivity index (χ0n) is 22.9. The van der Waals surface area contributed by atoms with Crippen molar-refractivity contribution in [2.75, 3.05) is 26.2 Å². The average Bonchev–Trinajstić information content (AvgIpc) is 2.80. The van der Waals surface area contributed by atoms with Crippen molar-refractivity contribution < 1.29 is 0 Å². The Morgan fingerprint density at radius 2 is 0.594 bits per heavy atom. The van der Waals surface area contributed by atoms with Gasteiger partial charge in [0.05, 0.1) is 0 Å². The lowest BCUT2D eigenvalue weighted by atomic mass is 10.1. The standard InChI is InChI=1S/C29H61N3/c1-5-9-13-17-21-25-31(26-22-18-14-10-6-2)29(30)32(27-23-19-15-11-7-3)28-24-20-16-12-8-4/h30H,5-28H2,1-4H3. The third-order valence-corrected chi connectivity index (χ3v) is 6.73. The van der Waals surface area contributed by atoms with Crippen LogP contribution in [0.3, 0.4) is 0 Å². The lowest BCUT2D eigenvalue weighted by molar-refractivity contribution is 0.291.